The third kappa shape index (κ3) is 1.62. The largest absolute Gasteiger partial charge is 0.439 e. The molecule has 0 N–H and O–H groups in total. The zero-order chi connectivity index (χ0) is 12.7. The first-order chi connectivity index (χ1) is 8.66. The Morgan fingerprint density at radius 2 is 1.94 bits per heavy atom. The molecule has 1 aromatic carbocycles. The molecule has 0 bridgehead atoms. The number of amides is 2. The second-order valence-electron chi connectivity index (χ2n) is 3.73. The molecule has 1 aliphatic rings. The molecule has 0 atom stereocenters. The molecule has 0 unspecified atom stereocenters. The topological polar surface area (TPSA) is 67.6 Å². The standard InChI is InChI=1S/C12H7NO4S/c14-8-5-11(13-10(15)6-18-12(13)16)17-9-4-2-1-3-7(8)9/h1-5H,6H2. The zero-order valence-electron chi connectivity index (χ0n) is 9.08. The highest BCUT2D eigenvalue weighted by Crippen LogP contribution is 2.27. The Kier molecular flexibility index (Phi) is 2.45. The third-order valence-electron chi connectivity index (χ3n) is 2.59. The van der Waals surface area contributed by atoms with Crippen LogP contribution in [-0.2, 0) is 4.79 Å². The van der Waals surface area contributed by atoms with Gasteiger partial charge in [-0.05, 0) is 12.1 Å². The van der Waals surface area contributed by atoms with Crippen LogP contribution in [0.2, 0.25) is 0 Å². The Hall–Kier alpha value is -2.08. The lowest BCUT2D eigenvalue weighted by atomic mass is 10.2. The van der Waals surface area contributed by atoms with Crippen molar-refractivity contribution in [3.63, 3.8) is 0 Å². The maximum absolute atomic E-state index is 11.9. The lowest BCUT2D eigenvalue weighted by Crippen LogP contribution is -2.28. The van der Waals surface area contributed by atoms with Gasteiger partial charge in [0.05, 0.1) is 11.1 Å². The van der Waals surface area contributed by atoms with Crippen LogP contribution >= 0.6 is 11.8 Å². The summed E-state index contributed by atoms with van der Waals surface area (Å²) in [7, 11) is 0. The number of hydrogen-bond acceptors (Lipinski definition) is 5. The number of anilines is 1. The van der Waals surface area contributed by atoms with Crippen LogP contribution in [-0.4, -0.2) is 16.9 Å². The van der Waals surface area contributed by atoms with Crippen molar-refractivity contribution in [1.29, 1.82) is 0 Å². The monoisotopic (exact) mass is 261 g/mol. The molecular weight excluding hydrogens is 254 g/mol. The Morgan fingerprint density at radius 1 is 1.17 bits per heavy atom. The first-order valence-electron chi connectivity index (χ1n) is 5.19. The molecule has 0 saturated carbocycles. The van der Waals surface area contributed by atoms with E-state index in [1.807, 2.05) is 0 Å². The molecule has 90 valence electrons. The van der Waals surface area contributed by atoms with Gasteiger partial charge in [-0.25, -0.2) is 4.90 Å². The van der Waals surface area contributed by atoms with E-state index in [9.17, 15) is 14.4 Å². The summed E-state index contributed by atoms with van der Waals surface area (Å²) < 4.78 is 5.44. The van der Waals surface area contributed by atoms with E-state index in [0.717, 1.165) is 16.7 Å². The lowest BCUT2D eigenvalue weighted by molar-refractivity contribution is -0.115. The van der Waals surface area contributed by atoms with Gasteiger partial charge in [0.1, 0.15) is 5.58 Å². The minimum atomic E-state index is -0.418. The Bertz CT molecular complexity index is 705. The second kappa shape index (κ2) is 3.99. The SMILES string of the molecule is O=C1CSC(=O)N1c1cc(=O)c2ccccc2o1. The Labute approximate surface area is 105 Å². The summed E-state index contributed by atoms with van der Waals surface area (Å²) in [5.41, 5.74) is 0.0850. The van der Waals surface area contributed by atoms with Gasteiger partial charge in [0.25, 0.3) is 5.24 Å². The molecule has 6 heteroatoms. The van der Waals surface area contributed by atoms with Crippen LogP contribution in [0.15, 0.2) is 39.5 Å². The van der Waals surface area contributed by atoms with E-state index in [-0.39, 0.29) is 23.0 Å². The molecular formula is C12H7NO4S. The third-order valence-corrected chi connectivity index (χ3v) is 3.41. The number of carbonyl (C=O) groups is 2. The number of rotatable bonds is 1. The van der Waals surface area contributed by atoms with Crippen molar-refractivity contribution in [3.05, 3.63) is 40.6 Å². The molecule has 5 nitrogen and oxygen atoms in total. The fraction of sp³-hybridized carbons (Fsp3) is 0.0833. The average Bonchev–Trinajstić information content (AvgIpc) is 2.69. The van der Waals surface area contributed by atoms with Crippen LogP contribution < -0.4 is 10.3 Å². The minimum Gasteiger partial charge on any atom is -0.439 e. The lowest BCUT2D eigenvalue weighted by Gasteiger charge is -2.11. The van der Waals surface area contributed by atoms with Crippen LogP contribution in [0.1, 0.15) is 0 Å². The molecule has 18 heavy (non-hydrogen) atoms. The number of imide groups is 1. The second-order valence-corrected chi connectivity index (χ2v) is 4.66. The predicted molar refractivity (Wildman–Crippen MR) is 67.8 cm³/mol. The van der Waals surface area contributed by atoms with Crippen molar-refractivity contribution in [2.24, 2.45) is 0 Å². The van der Waals surface area contributed by atoms with Gasteiger partial charge >= 0.3 is 0 Å². The van der Waals surface area contributed by atoms with Crippen molar-refractivity contribution in [1.82, 2.24) is 0 Å². The van der Waals surface area contributed by atoms with Crippen LogP contribution in [0.4, 0.5) is 10.7 Å². The first-order valence-corrected chi connectivity index (χ1v) is 6.18. The van der Waals surface area contributed by atoms with Gasteiger partial charge in [-0.1, -0.05) is 23.9 Å². The maximum atomic E-state index is 11.9. The predicted octanol–water partition coefficient (Wildman–Crippen LogP) is 1.99. The van der Waals surface area contributed by atoms with E-state index in [4.69, 9.17) is 4.42 Å². The highest BCUT2D eigenvalue weighted by Gasteiger charge is 2.33. The van der Waals surface area contributed by atoms with Crippen molar-refractivity contribution in [2.45, 2.75) is 0 Å². The molecule has 1 aromatic heterocycles. The van der Waals surface area contributed by atoms with Gasteiger partial charge in [0.15, 0.2) is 5.43 Å². The number of thioether (sulfide) groups is 1. The maximum Gasteiger partial charge on any atom is 0.295 e. The first kappa shape index (κ1) is 11.0. The molecule has 1 saturated heterocycles. The van der Waals surface area contributed by atoms with Crippen LogP contribution in [0.5, 0.6) is 0 Å². The quantitative estimate of drug-likeness (QED) is 0.785. The van der Waals surface area contributed by atoms with Crippen molar-refractivity contribution in [2.75, 3.05) is 10.7 Å². The summed E-state index contributed by atoms with van der Waals surface area (Å²) in [6.07, 6.45) is 0. The van der Waals surface area contributed by atoms with E-state index >= 15 is 0 Å². The number of hydrogen-bond donors (Lipinski definition) is 0. The van der Waals surface area contributed by atoms with Gasteiger partial charge < -0.3 is 4.42 Å². The highest BCUT2D eigenvalue weighted by atomic mass is 32.2. The average molecular weight is 261 g/mol. The summed E-state index contributed by atoms with van der Waals surface area (Å²) in [4.78, 5) is 35.8. The van der Waals surface area contributed by atoms with Crippen LogP contribution in [0, 0.1) is 0 Å². The summed E-state index contributed by atoms with van der Waals surface area (Å²) in [6, 6.07) is 7.87. The van der Waals surface area contributed by atoms with E-state index < -0.39 is 5.24 Å². The molecule has 1 aliphatic heterocycles. The number of benzene rings is 1. The van der Waals surface area contributed by atoms with E-state index in [1.54, 1.807) is 24.3 Å². The van der Waals surface area contributed by atoms with Gasteiger partial charge in [-0.3, -0.25) is 14.4 Å². The van der Waals surface area contributed by atoms with Gasteiger partial charge in [0, 0.05) is 6.07 Å². The van der Waals surface area contributed by atoms with Gasteiger partial charge in [-0.2, -0.15) is 0 Å². The molecule has 2 heterocycles. The van der Waals surface area contributed by atoms with Crippen LogP contribution in [0.25, 0.3) is 11.0 Å². The summed E-state index contributed by atoms with van der Waals surface area (Å²) in [5, 5.41) is 0.00595. The summed E-state index contributed by atoms with van der Waals surface area (Å²) >= 11 is 0.895. The van der Waals surface area contributed by atoms with Crippen LogP contribution in [0.3, 0.4) is 0 Å². The molecule has 0 radical (unpaired) electrons. The smallest absolute Gasteiger partial charge is 0.295 e. The van der Waals surface area contributed by atoms with Crippen molar-refractivity contribution in [3.8, 4) is 0 Å². The van der Waals surface area contributed by atoms with Crippen molar-refractivity contribution < 1.29 is 14.0 Å². The minimum absolute atomic E-state index is 0.0151. The molecule has 0 aliphatic carbocycles. The number of para-hydroxylation sites is 1. The fourth-order valence-electron chi connectivity index (χ4n) is 1.77. The van der Waals surface area contributed by atoms with E-state index in [2.05, 4.69) is 0 Å². The Balaban J connectivity index is 2.22. The number of fused-ring (bicyclic) bond motifs is 1. The summed E-state index contributed by atoms with van der Waals surface area (Å²) in [5.74, 6) is -0.308. The Morgan fingerprint density at radius 3 is 2.67 bits per heavy atom. The molecule has 1 fully saturated rings. The number of nitrogens with zero attached hydrogens (tertiary/aromatic N) is 1. The molecule has 2 aromatic rings. The molecule has 3 rings (SSSR count). The van der Waals surface area contributed by atoms with Crippen molar-refractivity contribution >= 4 is 39.8 Å². The van der Waals surface area contributed by atoms with E-state index in [0.29, 0.717) is 11.0 Å². The van der Waals surface area contributed by atoms with Gasteiger partial charge in [-0.15, -0.1) is 0 Å². The van der Waals surface area contributed by atoms with E-state index in [1.165, 1.54) is 6.07 Å². The van der Waals surface area contributed by atoms with Gasteiger partial charge in [0.2, 0.25) is 11.8 Å². The molecule has 2 amide bonds. The fourth-order valence-corrected chi connectivity index (χ4v) is 2.47. The number of carbonyl (C=O) groups excluding carboxylic acids is 2. The summed E-state index contributed by atoms with van der Waals surface area (Å²) in [6.45, 7) is 0. The highest BCUT2D eigenvalue weighted by molar-refractivity contribution is 8.15. The normalized spacial score (nSPS) is 15.7. The molecule has 0 spiro atoms. The zero-order valence-corrected chi connectivity index (χ0v) is 9.90.